The SMILES string of the molecule is CC(C)N(CC1CCCN(S(=O)(=O)c2ccc3c(c2)CCO3)C1)C(=O)OC(C)(C)C. The molecule has 1 unspecified atom stereocenters. The number of piperidine rings is 1. The van der Waals surface area contributed by atoms with E-state index in [0.29, 0.717) is 31.1 Å². The molecule has 0 aromatic heterocycles. The molecule has 0 aliphatic carbocycles. The quantitative estimate of drug-likeness (QED) is 0.701. The second-order valence-corrected chi connectivity index (χ2v) is 11.4. The van der Waals surface area contributed by atoms with E-state index >= 15 is 0 Å². The molecule has 0 bridgehead atoms. The van der Waals surface area contributed by atoms with Gasteiger partial charge < -0.3 is 14.4 Å². The van der Waals surface area contributed by atoms with Crippen molar-refractivity contribution in [2.75, 3.05) is 26.2 Å². The number of carbonyl (C=O) groups excluding carboxylic acids is 1. The van der Waals surface area contributed by atoms with Crippen molar-refractivity contribution in [2.24, 2.45) is 5.92 Å². The van der Waals surface area contributed by atoms with E-state index in [1.54, 1.807) is 27.4 Å². The molecular formula is C22H34N2O5S. The van der Waals surface area contributed by atoms with E-state index in [2.05, 4.69) is 0 Å². The fraction of sp³-hybridized carbons (Fsp3) is 0.682. The minimum atomic E-state index is -3.58. The number of carbonyl (C=O) groups is 1. The largest absolute Gasteiger partial charge is 0.493 e. The second-order valence-electron chi connectivity index (χ2n) is 9.47. The van der Waals surface area contributed by atoms with Gasteiger partial charge >= 0.3 is 6.09 Å². The zero-order chi connectivity index (χ0) is 22.1. The van der Waals surface area contributed by atoms with Crippen LogP contribution >= 0.6 is 0 Å². The fourth-order valence-electron chi connectivity index (χ4n) is 3.96. The molecule has 1 aromatic carbocycles. The number of rotatable bonds is 5. The van der Waals surface area contributed by atoms with Crippen LogP contribution in [0.5, 0.6) is 5.75 Å². The lowest BCUT2D eigenvalue weighted by molar-refractivity contribution is 0.0138. The summed E-state index contributed by atoms with van der Waals surface area (Å²) in [4.78, 5) is 14.7. The van der Waals surface area contributed by atoms with E-state index in [-0.39, 0.29) is 18.1 Å². The summed E-state index contributed by atoms with van der Waals surface area (Å²) in [6, 6.07) is 5.09. The summed E-state index contributed by atoms with van der Waals surface area (Å²) in [5.41, 5.74) is 0.379. The van der Waals surface area contributed by atoms with Crippen LogP contribution in [0.3, 0.4) is 0 Å². The average molecular weight is 439 g/mol. The molecule has 2 aliphatic rings. The van der Waals surface area contributed by atoms with Crippen LogP contribution in [-0.2, 0) is 21.2 Å². The summed E-state index contributed by atoms with van der Waals surface area (Å²) in [7, 11) is -3.58. The van der Waals surface area contributed by atoms with E-state index in [1.165, 1.54) is 0 Å². The number of hydrogen-bond donors (Lipinski definition) is 0. The van der Waals surface area contributed by atoms with Gasteiger partial charge in [0.05, 0.1) is 11.5 Å². The number of ether oxygens (including phenoxy) is 2. The van der Waals surface area contributed by atoms with E-state index in [1.807, 2.05) is 34.6 Å². The first-order valence-corrected chi connectivity index (χ1v) is 12.2. The van der Waals surface area contributed by atoms with E-state index < -0.39 is 15.6 Å². The molecule has 1 amide bonds. The van der Waals surface area contributed by atoms with Crippen LogP contribution in [0.15, 0.2) is 23.1 Å². The first-order chi connectivity index (χ1) is 14.0. The maximum atomic E-state index is 13.3. The molecule has 2 heterocycles. The highest BCUT2D eigenvalue weighted by atomic mass is 32.2. The van der Waals surface area contributed by atoms with Gasteiger partial charge in [-0.25, -0.2) is 13.2 Å². The Hall–Kier alpha value is -1.80. The highest BCUT2D eigenvalue weighted by molar-refractivity contribution is 7.89. The first kappa shape index (κ1) is 22.9. The van der Waals surface area contributed by atoms with Crippen LogP contribution in [0.25, 0.3) is 0 Å². The lowest BCUT2D eigenvalue weighted by Crippen LogP contribution is -2.48. The van der Waals surface area contributed by atoms with Crippen molar-refractivity contribution in [1.82, 2.24) is 9.21 Å². The van der Waals surface area contributed by atoms with Gasteiger partial charge in [-0.1, -0.05) is 0 Å². The Balaban J connectivity index is 1.71. The predicted octanol–water partition coefficient (Wildman–Crippen LogP) is 3.67. The lowest BCUT2D eigenvalue weighted by Gasteiger charge is -2.37. The topological polar surface area (TPSA) is 76.2 Å². The molecule has 1 aromatic rings. The Kier molecular flexibility index (Phi) is 6.67. The minimum absolute atomic E-state index is 0.0245. The van der Waals surface area contributed by atoms with Crippen molar-refractivity contribution in [2.45, 2.75) is 70.4 Å². The Bertz CT molecular complexity index is 876. The van der Waals surface area contributed by atoms with Crippen molar-refractivity contribution in [3.05, 3.63) is 23.8 Å². The maximum absolute atomic E-state index is 13.3. The number of amides is 1. The van der Waals surface area contributed by atoms with Gasteiger partial charge in [-0.15, -0.1) is 0 Å². The molecule has 0 N–H and O–H groups in total. The van der Waals surface area contributed by atoms with Crippen molar-refractivity contribution >= 4 is 16.1 Å². The summed E-state index contributed by atoms with van der Waals surface area (Å²) in [5, 5.41) is 0. The van der Waals surface area contributed by atoms with E-state index in [4.69, 9.17) is 9.47 Å². The third-order valence-electron chi connectivity index (χ3n) is 5.49. The Morgan fingerprint density at radius 3 is 2.73 bits per heavy atom. The highest BCUT2D eigenvalue weighted by Gasteiger charge is 2.34. The van der Waals surface area contributed by atoms with Crippen LogP contribution in [0, 0.1) is 5.92 Å². The Labute approximate surface area is 180 Å². The summed E-state index contributed by atoms with van der Waals surface area (Å²) < 4.78 is 39.1. The first-order valence-electron chi connectivity index (χ1n) is 10.7. The predicted molar refractivity (Wildman–Crippen MR) is 115 cm³/mol. The van der Waals surface area contributed by atoms with Gasteiger partial charge in [-0.3, -0.25) is 0 Å². The maximum Gasteiger partial charge on any atom is 0.410 e. The van der Waals surface area contributed by atoms with Crippen LogP contribution < -0.4 is 4.74 Å². The molecule has 0 saturated carbocycles. The van der Waals surface area contributed by atoms with E-state index in [0.717, 1.165) is 30.6 Å². The number of benzene rings is 1. The smallest absolute Gasteiger partial charge is 0.410 e. The van der Waals surface area contributed by atoms with Gasteiger partial charge in [0.25, 0.3) is 0 Å². The molecule has 30 heavy (non-hydrogen) atoms. The van der Waals surface area contributed by atoms with Crippen molar-refractivity contribution < 1.29 is 22.7 Å². The summed E-state index contributed by atoms with van der Waals surface area (Å²) in [5.74, 6) is 0.844. The van der Waals surface area contributed by atoms with Gasteiger partial charge in [0.2, 0.25) is 10.0 Å². The monoisotopic (exact) mass is 438 g/mol. The van der Waals surface area contributed by atoms with Crippen molar-refractivity contribution in [1.29, 1.82) is 0 Å². The number of hydrogen-bond acceptors (Lipinski definition) is 5. The summed E-state index contributed by atoms with van der Waals surface area (Å²) in [6.45, 7) is 11.4. The highest BCUT2D eigenvalue weighted by Crippen LogP contribution is 2.31. The van der Waals surface area contributed by atoms with Gasteiger partial charge in [-0.2, -0.15) is 4.31 Å². The Morgan fingerprint density at radius 1 is 1.33 bits per heavy atom. The average Bonchev–Trinajstić information content (AvgIpc) is 3.12. The minimum Gasteiger partial charge on any atom is -0.493 e. The van der Waals surface area contributed by atoms with Crippen LogP contribution in [0.4, 0.5) is 4.79 Å². The molecule has 3 rings (SSSR count). The zero-order valence-electron chi connectivity index (χ0n) is 18.7. The van der Waals surface area contributed by atoms with Gasteiger partial charge in [0.15, 0.2) is 0 Å². The van der Waals surface area contributed by atoms with Crippen LogP contribution in [0.1, 0.15) is 53.0 Å². The molecule has 8 heteroatoms. The molecule has 7 nitrogen and oxygen atoms in total. The van der Waals surface area contributed by atoms with Gasteiger partial charge in [-0.05, 0) is 77.1 Å². The standard InChI is InChI=1S/C22H34N2O5S/c1-16(2)24(21(25)29-22(3,4)5)15-17-7-6-11-23(14-17)30(26,27)19-8-9-20-18(13-19)10-12-28-20/h8-9,13,16-17H,6-7,10-12,14-15H2,1-5H3. The molecule has 1 saturated heterocycles. The van der Waals surface area contributed by atoms with Crippen LogP contribution in [0.2, 0.25) is 0 Å². The second kappa shape index (κ2) is 8.75. The molecule has 2 aliphatic heterocycles. The molecule has 168 valence electrons. The summed E-state index contributed by atoms with van der Waals surface area (Å²) >= 11 is 0. The van der Waals surface area contributed by atoms with Gasteiger partial charge in [0, 0.05) is 32.1 Å². The van der Waals surface area contributed by atoms with E-state index in [9.17, 15) is 13.2 Å². The van der Waals surface area contributed by atoms with Crippen LogP contribution in [-0.4, -0.2) is 61.6 Å². The molecule has 0 radical (unpaired) electrons. The molecule has 0 spiro atoms. The molecular weight excluding hydrogens is 404 g/mol. The Morgan fingerprint density at radius 2 is 2.07 bits per heavy atom. The third-order valence-corrected chi connectivity index (χ3v) is 7.35. The molecule has 1 fully saturated rings. The van der Waals surface area contributed by atoms with Gasteiger partial charge in [0.1, 0.15) is 11.4 Å². The van der Waals surface area contributed by atoms with Crippen molar-refractivity contribution in [3.63, 3.8) is 0 Å². The molecule has 1 atom stereocenters. The zero-order valence-corrected chi connectivity index (χ0v) is 19.5. The van der Waals surface area contributed by atoms with Crippen molar-refractivity contribution in [3.8, 4) is 5.75 Å². The number of sulfonamides is 1. The fourth-order valence-corrected chi connectivity index (χ4v) is 5.57. The summed E-state index contributed by atoms with van der Waals surface area (Å²) in [6.07, 6.45) is 2.05. The number of fused-ring (bicyclic) bond motifs is 1. The normalized spacial score (nSPS) is 20.0. The third kappa shape index (κ3) is 5.27. The lowest BCUT2D eigenvalue weighted by atomic mass is 9.98. The number of nitrogens with zero attached hydrogens (tertiary/aromatic N) is 2.